The molecule has 22 heavy (non-hydrogen) atoms. The molecular formula is C16H13FN2O3. The largest absolute Gasteiger partial charge is 0.454 e. The van der Waals surface area contributed by atoms with Crippen molar-refractivity contribution < 1.29 is 19.0 Å². The highest BCUT2D eigenvalue weighted by molar-refractivity contribution is 5.84. The maximum atomic E-state index is 13.1. The minimum absolute atomic E-state index is 0.0197. The molecule has 0 amide bonds. The Morgan fingerprint density at radius 2 is 1.86 bits per heavy atom. The molecule has 1 aromatic heterocycles. The van der Waals surface area contributed by atoms with Crippen LogP contribution < -0.4 is 9.47 Å². The molecule has 112 valence electrons. The van der Waals surface area contributed by atoms with E-state index in [1.165, 1.54) is 12.1 Å². The summed E-state index contributed by atoms with van der Waals surface area (Å²) in [5.74, 6) is 1.70. The fraction of sp³-hybridized carbons (Fsp3) is 0.188. The van der Waals surface area contributed by atoms with Crippen LogP contribution in [0, 0.1) is 5.82 Å². The summed E-state index contributed by atoms with van der Waals surface area (Å²) in [5, 5.41) is 9.34. The van der Waals surface area contributed by atoms with Gasteiger partial charge in [0.25, 0.3) is 0 Å². The number of rotatable bonds is 3. The number of halogens is 1. The molecule has 1 aliphatic heterocycles. The summed E-state index contributed by atoms with van der Waals surface area (Å²) in [4.78, 5) is 4.60. The van der Waals surface area contributed by atoms with Crippen molar-refractivity contribution in [3.05, 3.63) is 42.2 Å². The molecule has 2 heterocycles. The number of fused-ring (bicyclic) bond motifs is 2. The van der Waals surface area contributed by atoms with E-state index in [0.29, 0.717) is 23.9 Å². The van der Waals surface area contributed by atoms with E-state index in [1.807, 2.05) is 16.7 Å². The molecule has 1 N–H and O–H groups in total. The Morgan fingerprint density at radius 3 is 2.59 bits per heavy atom. The van der Waals surface area contributed by atoms with E-state index >= 15 is 0 Å². The summed E-state index contributed by atoms with van der Waals surface area (Å²) in [7, 11) is 0. The number of aliphatic hydroxyl groups excluding tert-OH is 1. The lowest BCUT2D eigenvalue weighted by Gasteiger charge is -2.07. The van der Waals surface area contributed by atoms with Gasteiger partial charge < -0.3 is 19.1 Å². The van der Waals surface area contributed by atoms with Gasteiger partial charge in [-0.05, 0) is 24.3 Å². The van der Waals surface area contributed by atoms with Gasteiger partial charge in [0.15, 0.2) is 11.5 Å². The van der Waals surface area contributed by atoms with E-state index in [-0.39, 0.29) is 19.2 Å². The molecule has 1 aliphatic rings. The van der Waals surface area contributed by atoms with Crippen molar-refractivity contribution in [1.82, 2.24) is 9.55 Å². The molecule has 3 aromatic rings. The zero-order valence-corrected chi connectivity index (χ0v) is 11.6. The normalized spacial score (nSPS) is 13.0. The van der Waals surface area contributed by atoms with Crippen molar-refractivity contribution >= 4 is 11.0 Å². The highest BCUT2D eigenvalue weighted by Gasteiger charge is 2.19. The third kappa shape index (κ3) is 2.00. The fourth-order valence-electron chi connectivity index (χ4n) is 2.66. The average Bonchev–Trinajstić information content (AvgIpc) is 3.11. The SMILES string of the molecule is OCCn1c(-c2ccc(F)cc2)nc2cc3c(cc21)OCO3. The van der Waals surface area contributed by atoms with Crippen LogP contribution in [0.25, 0.3) is 22.4 Å². The average molecular weight is 300 g/mol. The Bertz CT molecular complexity index is 843. The van der Waals surface area contributed by atoms with E-state index in [9.17, 15) is 9.50 Å². The lowest BCUT2D eigenvalue weighted by molar-refractivity contribution is 0.174. The molecule has 4 rings (SSSR count). The second-order valence-electron chi connectivity index (χ2n) is 5.01. The molecule has 6 heteroatoms. The van der Waals surface area contributed by atoms with Gasteiger partial charge in [-0.15, -0.1) is 0 Å². The first-order valence-corrected chi connectivity index (χ1v) is 6.93. The first-order valence-electron chi connectivity index (χ1n) is 6.93. The van der Waals surface area contributed by atoms with Crippen LogP contribution in [0.15, 0.2) is 36.4 Å². The Morgan fingerprint density at radius 1 is 1.14 bits per heavy atom. The van der Waals surface area contributed by atoms with E-state index in [4.69, 9.17) is 9.47 Å². The van der Waals surface area contributed by atoms with Gasteiger partial charge >= 0.3 is 0 Å². The third-order valence-corrected chi connectivity index (χ3v) is 3.67. The Balaban J connectivity index is 1.93. The van der Waals surface area contributed by atoms with Gasteiger partial charge in [-0.1, -0.05) is 0 Å². The predicted molar refractivity (Wildman–Crippen MR) is 78.3 cm³/mol. The molecule has 2 aromatic carbocycles. The van der Waals surface area contributed by atoms with Gasteiger partial charge in [-0.25, -0.2) is 9.37 Å². The second-order valence-corrected chi connectivity index (χ2v) is 5.01. The second kappa shape index (κ2) is 4.99. The van der Waals surface area contributed by atoms with Gasteiger partial charge in [0.2, 0.25) is 6.79 Å². The smallest absolute Gasteiger partial charge is 0.231 e. The van der Waals surface area contributed by atoms with Crippen LogP contribution in [0.1, 0.15) is 0 Å². The zero-order chi connectivity index (χ0) is 15.1. The number of aromatic nitrogens is 2. The summed E-state index contributed by atoms with van der Waals surface area (Å²) in [5.41, 5.74) is 2.38. The fourth-order valence-corrected chi connectivity index (χ4v) is 2.66. The van der Waals surface area contributed by atoms with Crippen LogP contribution in [0.4, 0.5) is 4.39 Å². The quantitative estimate of drug-likeness (QED) is 0.807. The monoisotopic (exact) mass is 300 g/mol. The highest BCUT2D eigenvalue weighted by atomic mass is 19.1. The van der Waals surface area contributed by atoms with Crippen molar-refractivity contribution in [2.75, 3.05) is 13.4 Å². The summed E-state index contributed by atoms with van der Waals surface area (Å²) in [6.07, 6.45) is 0. The number of ether oxygens (including phenoxy) is 2. The molecule has 5 nitrogen and oxygen atoms in total. The van der Waals surface area contributed by atoms with Crippen molar-refractivity contribution in [1.29, 1.82) is 0 Å². The highest BCUT2D eigenvalue weighted by Crippen LogP contribution is 2.37. The zero-order valence-electron chi connectivity index (χ0n) is 11.6. The molecular weight excluding hydrogens is 287 g/mol. The molecule has 0 radical (unpaired) electrons. The number of nitrogens with zero attached hydrogens (tertiary/aromatic N) is 2. The molecule has 0 saturated carbocycles. The topological polar surface area (TPSA) is 56.5 Å². The molecule has 0 spiro atoms. The van der Waals surface area contributed by atoms with Crippen LogP contribution in [0.5, 0.6) is 11.5 Å². The number of hydrogen-bond acceptors (Lipinski definition) is 4. The van der Waals surface area contributed by atoms with Crippen LogP contribution in [-0.4, -0.2) is 28.1 Å². The van der Waals surface area contributed by atoms with Gasteiger partial charge in [0, 0.05) is 24.2 Å². The minimum Gasteiger partial charge on any atom is -0.454 e. The van der Waals surface area contributed by atoms with E-state index in [2.05, 4.69) is 4.98 Å². The van der Waals surface area contributed by atoms with E-state index in [0.717, 1.165) is 16.6 Å². The first kappa shape index (κ1) is 13.1. The summed E-state index contributed by atoms with van der Waals surface area (Å²) in [6, 6.07) is 9.80. The van der Waals surface area contributed by atoms with E-state index in [1.54, 1.807) is 12.1 Å². The van der Waals surface area contributed by atoms with Crippen LogP contribution in [0.3, 0.4) is 0 Å². The summed E-state index contributed by atoms with van der Waals surface area (Å²) >= 11 is 0. The van der Waals surface area contributed by atoms with Crippen molar-refractivity contribution in [2.45, 2.75) is 6.54 Å². The van der Waals surface area contributed by atoms with Gasteiger partial charge in [0.1, 0.15) is 11.6 Å². The minimum atomic E-state index is -0.297. The van der Waals surface area contributed by atoms with Crippen LogP contribution in [-0.2, 0) is 6.54 Å². The molecule has 0 atom stereocenters. The van der Waals surface area contributed by atoms with Gasteiger partial charge in [0.05, 0.1) is 17.6 Å². The lowest BCUT2D eigenvalue weighted by Crippen LogP contribution is -2.04. The standard InChI is InChI=1S/C16H13FN2O3/c17-11-3-1-10(2-4-11)16-18-12-7-14-15(22-9-21-14)8-13(12)19(16)5-6-20/h1-4,7-8,20H,5-6,9H2. The van der Waals surface area contributed by atoms with Crippen molar-refractivity contribution in [3.8, 4) is 22.9 Å². The molecule has 0 aliphatic carbocycles. The molecule has 0 bridgehead atoms. The number of imidazole rings is 1. The van der Waals surface area contributed by atoms with Gasteiger partial charge in [-0.2, -0.15) is 0 Å². The van der Waals surface area contributed by atoms with Crippen LogP contribution in [0.2, 0.25) is 0 Å². The van der Waals surface area contributed by atoms with Gasteiger partial charge in [-0.3, -0.25) is 0 Å². The Labute approximate surface area is 125 Å². The Hall–Kier alpha value is -2.60. The summed E-state index contributed by atoms with van der Waals surface area (Å²) in [6.45, 7) is 0.573. The maximum Gasteiger partial charge on any atom is 0.231 e. The van der Waals surface area contributed by atoms with Crippen molar-refractivity contribution in [3.63, 3.8) is 0 Å². The van der Waals surface area contributed by atoms with Crippen LogP contribution >= 0.6 is 0 Å². The summed E-state index contributed by atoms with van der Waals surface area (Å²) < 4.78 is 25.8. The predicted octanol–water partition coefficient (Wildman–Crippen LogP) is 2.56. The van der Waals surface area contributed by atoms with E-state index < -0.39 is 0 Å². The molecule has 0 unspecified atom stereocenters. The van der Waals surface area contributed by atoms with Crippen molar-refractivity contribution in [2.24, 2.45) is 0 Å². The first-order chi connectivity index (χ1) is 10.8. The maximum absolute atomic E-state index is 13.1. The number of aliphatic hydroxyl groups is 1. The third-order valence-electron chi connectivity index (χ3n) is 3.67. The molecule has 0 saturated heterocycles. The lowest BCUT2D eigenvalue weighted by atomic mass is 10.2. The number of hydrogen-bond donors (Lipinski definition) is 1. The molecule has 0 fully saturated rings. The number of benzene rings is 2. The Kier molecular flexibility index (Phi) is 2.97.